The highest BCUT2D eigenvalue weighted by atomic mass is 32.2. The Kier molecular flexibility index (Phi) is 9.65. The highest BCUT2D eigenvalue weighted by Gasteiger charge is 2.34. The summed E-state index contributed by atoms with van der Waals surface area (Å²) in [5.74, 6) is -0.0831. The zero-order valence-electron chi connectivity index (χ0n) is 22.8. The second-order valence-corrected chi connectivity index (χ2v) is 11.6. The topological polar surface area (TPSA) is 105 Å². The predicted molar refractivity (Wildman–Crippen MR) is 154 cm³/mol. The molecule has 1 atom stereocenters. The van der Waals surface area contributed by atoms with Crippen LogP contribution in [0.5, 0.6) is 11.5 Å². The standard InChI is InChI=1S/C30H35N3O6S/c1-3-17-31-30(35)26(18-23-11-7-5-8-12-23)32(20-24-13-9-6-10-14-24)29(34)21-33(40(36,37)4-2)25-15-16-27-28(19-25)39-22-38-27/h5-16,19,26H,3-4,17-18,20-22H2,1-2H3,(H,31,35)/t26-/m1/s1. The van der Waals surface area contributed by atoms with Crippen molar-refractivity contribution in [2.24, 2.45) is 0 Å². The van der Waals surface area contributed by atoms with E-state index in [-0.39, 0.29) is 37.1 Å². The number of hydrogen-bond acceptors (Lipinski definition) is 6. The second-order valence-electron chi connectivity index (χ2n) is 9.45. The molecule has 2 amide bonds. The van der Waals surface area contributed by atoms with Gasteiger partial charge in [-0.15, -0.1) is 0 Å². The zero-order valence-corrected chi connectivity index (χ0v) is 23.6. The Morgan fingerprint density at radius 3 is 2.20 bits per heavy atom. The van der Waals surface area contributed by atoms with Crippen LogP contribution in [-0.4, -0.2) is 56.8 Å². The van der Waals surface area contributed by atoms with Gasteiger partial charge in [0.05, 0.1) is 11.4 Å². The summed E-state index contributed by atoms with van der Waals surface area (Å²) in [6, 6.07) is 22.7. The first-order valence-electron chi connectivity index (χ1n) is 13.4. The van der Waals surface area contributed by atoms with Crippen molar-refractivity contribution >= 4 is 27.5 Å². The molecule has 0 unspecified atom stereocenters. The summed E-state index contributed by atoms with van der Waals surface area (Å²) >= 11 is 0. The van der Waals surface area contributed by atoms with Crippen molar-refractivity contribution in [2.75, 3.05) is 29.9 Å². The third-order valence-corrected chi connectivity index (χ3v) is 8.38. The molecule has 0 spiro atoms. The molecule has 0 saturated carbocycles. The van der Waals surface area contributed by atoms with Gasteiger partial charge in [-0.05, 0) is 36.6 Å². The van der Waals surface area contributed by atoms with Gasteiger partial charge in [0.25, 0.3) is 0 Å². The molecule has 9 nitrogen and oxygen atoms in total. The average molecular weight is 566 g/mol. The Bertz CT molecular complexity index is 1400. The average Bonchev–Trinajstić information content (AvgIpc) is 3.45. The van der Waals surface area contributed by atoms with E-state index < -0.39 is 28.5 Å². The van der Waals surface area contributed by atoms with Gasteiger partial charge in [-0.1, -0.05) is 67.6 Å². The summed E-state index contributed by atoms with van der Waals surface area (Å²) in [5.41, 5.74) is 2.00. The van der Waals surface area contributed by atoms with Crippen LogP contribution >= 0.6 is 0 Å². The maximum atomic E-state index is 14.1. The quantitative estimate of drug-likeness (QED) is 0.339. The normalized spacial score (nSPS) is 12.9. The largest absolute Gasteiger partial charge is 0.454 e. The molecule has 4 rings (SSSR count). The molecule has 0 aliphatic carbocycles. The lowest BCUT2D eigenvalue weighted by molar-refractivity contribution is -0.140. The lowest BCUT2D eigenvalue weighted by atomic mass is 10.0. The van der Waals surface area contributed by atoms with Gasteiger partial charge in [0.1, 0.15) is 12.6 Å². The van der Waals surface area contributed by atoms with Crippen LogP contribution in [0.15, 0.2) is 78.9 Å². The molecule has 1 aliphatic rings. The van der Waals surface area contributed by atoms with Crippen LogP contribution in [0, 0.1) is 0 Å². The van der Waals surface area contributed by atoms with Crippen molar-refractivity contribution in [2.45, 2.75) is 39.3 Å². The second kappa shape index (κ2) is 13.3. The maximum Gasteiger partial charge on any atom is 0.244 e. The van der Waals surface area contributed by atoms with Crippen molar-refractivity contribution < 1.29 is 27.5 Å². The number of rotatable bonds is 13. The van der Waals surface area contributed by atoms with Gasteiger partial charge >= 0.3 is 0 Å². The number of fused-ring (bicyclic) bond motifs is 1. The fourth-order valence-corrected chi connectivity index (χ4v) is 5.51. The van der Waals surface area contributed by atoms with Crippen LogP contribution in [0.3, 0.4) is 0 Å². The number of sulfonamides is 1. The summed E-state index contributed by atoms with van der Waals surface area (Å²) < 4.78 is 38.4. The fourth-order valence-electron chi connectivity index (χ4n) is 4.46. The van der Waals surface area contributed by atoms with Crippen molar-refractivity contribution in [3.63, 3.8) is 0 Å². The van der Waals surface area contributed by atoms with E-state index in [1.165, 1.54) is 11.8 Å². The maximum absolute atomic E-state index is 14.1. The number of carbonyl (C=O) groups excluding carboxylic acids is 2. The van der Waals surface area contributed by atoms with Crippen molar-refractivity contribution in [3.8, 4) is 11.5 Å². The summed E-state index contributed by atoms with van der Waals surface area (Å²) in [5, 5.41) is 2.93. The Morgan fingerprint density at radius 2 is 1.55 bits per heavy atom. The zero-order chi connectivity index (χ0) is 28.5. The van der Waals surface area contributed by atoms with Gasteiger partial charge in [0, 0.05) is 25.6 Å². The lowest BCUT2D eigenvalue weighted by Gasteiger charge is -2.33. The van der Waals surface area contributed by atoms with E-state index in [2.05, 4.69) is 5.32 Å². The van der Waals surface area contributed by atoms with Crippen molar-refractivity contribution in [3.05, 3.63) is 90.0 Å². The Labute approximate surface area is 235 Å². The molecule has 10 heteroatoms. The minimum Gasteiger partial charge on any atom is -0.454 e. The molecule has 1 heterocycles. The molecule has 0 saturated heterocycles. The first-order chi connectivity index (χ1) is 19.3. The molecule has 0 aromatic heterocycles. The Balaban J connectivity index is 1.72. The van der Waals surface area contributed by atoms with Crippen LogP contribution < -0.4 is 19.1 Å². The Hall–Kier alpha value is -4.05. The van der Waals surface area contributed by atoms with E-state index in [9.17, 15) is 18.0 Å². The molecule has 0 bridgehead atoms. The molecular formula is C30H35N3O6S. The van der Waals surface area contributed by atoms with Crippen molar-refractivity contribution in [1.29, 1.82) is 0 Å². The van der Waals surface area contributed by atoms with Gasteiger partial charge in [-0.3, -0.25) is 13.9 Å². The van der Waals surface area contributed by atoms with Gasteiger partial charge in [-0.25, -0.2) is 8.42 Å². The van der Waals surface area contributed by atoms with Gasteiger partial charge in [-0.2, -0.15) is 0 Å². The molecule has 40 heavy (non-hydrogen) atoms. The number of benzene rings is 3. The molecule has 0 radical (unpaired) electrons. The van der Waals surface area contributed by atoms with Gasteiger partial charge < -0.3 is 19.7 Å². The molecular weight excluding hydrogens is 530 g/mol. The van der Waals surface area contributed by atoms with E-state index in [1.54, 1.807) is 18.2 Å². The fraction of sp³-hybridized carbons (Fsp3) is 0.333. The summed E-state index contributed by atoms with van der Waals surface area (Å²) in [6.07, 6.45) is 1.02. The smallest absolute Gasteiger partial charge is 0.244 e. The van der Waals surface area contributed by atoms with Crippen LogP contribution in [0.25, 0.3) is 0 Å². The van der Waals surface area contributed by atoms with E-state index in [0.717, 1.165) is 21.9 Å². The number of anilines is 1. The van der Waals surface area contributed by atoms with Crippen LogP contribution in [0.2, 0.25) is 0 Å². The van der Waals surface area contributed by atoms with E-state index >= 15 is 0 Å². The number of nitrogens with one attached hydrogen (secondary N) is 1. The number of ether oxygens (including phenoxy) is 2. The van der Waals surface area contributed by atoms with E-state index in [1.807, 2.05) is 67.6 Å². The first-order valence-corrected chi connectivity index (χ1v) is 15.0. The van der Waals surface area contributed by atoms with Gasteiger partial charge in [0.15, 0.2) is 11.5 Å². The number of amides is 2. The minimum atomic E-state index is -3.86. The third-order valence-electron chi connectivity index (χ3n) is 6.64. The van der Waals surface area contributed by atoms with E-state index in [0.29, 0.717) is 18.0 Å². The number of carbonyl (C=O) groups is 2. The minimum absolute atomic E-state index is 0.0388. The molecule has 1 N–H and O–H groups in total. The van der Waals surface area contributed by atoms with Gasteiger partial charge in [0.2, 0.25) is 28.6 Å². The highest BCUT2D eigenvalue weighted by Crippen LogP contribution is 2.36. The summed E-state index contributed by atoms with van der Waals surface area (Å²) in [6.45, 7) is 3.64. The van der Waals surface area contributed by atoms with Crippen LogP contribution in [-0.2, 0) is 32.6 Å². The number of hydrogen-bond donors (Lipinski definition) is 1. The Morgan fingerprint density at radius 1 is 0.900 bits per heavy atom. The molecule has 3 aromatic rings. The summed E-state index contributed by atoms with van der Waals surface area (Å²) in [4.78, 5) is 29.1. The summed E-state index contributed by atoms with van der Waals surface area (Å²) in [7, 11) is -3.86. The molecule has 3 aromatic carbocycles. The first kappa shape index (κ1) is 28.9. The SMILES string of the molecule is CCCNC(=O)[C@@H](Cc1ccccc1)N(Cc1ccccc1)C(=O)CN(c1ccc2c(c1)OCO2)S(=O)(=O)CC. The third kappa shape index (κ3) is 7.12. The monoisotopic (exact) mass is 565 g/mol. The molecule has 212 valence electrons. The van der Waals surface area contributed by atoms with Crippen molar-refractivity contribution in [1.82, 2.24) is 10.2 Å². The molecule has 1 aliphatic heterocycles. The highest BCUT2D eigenvalue weighted by molar-refractivity contribution is 7.92. The number of nitrogens with zero attached hydrogens (tertiary/aromatic N) is 2. The van der Waals surface area contributed by atoms with Crippen LogP contribution in [0.1, 0.15) is 31.4 Å². The lowest BCUT2D eigenvalue weighted by Crippen LogP contribution is -2.53. The predicted octanol–water partition coefficient (Wildman–Crippen LogP) is 3.74. The van der Waals surface area contributed by atoms with E-state index in [4.69, 9.17) is 9.47 Å². The molecule has 0 fully saturated rings. The van der Waals surface area contributed by atoms with Crippen LogP contribution in [0.4, 0.5) is 5.69 Å².